The molecular formula is C25H16N4O4. The lowest BCUT2D eigenvalue weighted by molar-refractivity contribution is 0.361. The van der Waals surface area contributed by atoms with E-state index in [4.69, 9.17) is 13.9 Å². The molecule has 1 aliphatic heterocycles. The number of hydrogen-bond donors (Lipinski definition) is 1. The number of phenolic OH excluding ortho intramolecular Hbond substituents is 1. The molecule has 1 aromatic heterocycles. The number of ether oxygens (including phenoxy) is 2. The van der Waals surface area contributed by atoms with Crippen LogP contribution < -0.4 is 9.47 Å². The Morgan fingerprint density at radius 1 is 1.03 bits per heavy atom. The van der Waals surface area contributed by atoms with Crippen molar-refractivity contribution < 1.29 is 19.0 Å². The fourth-order valence-electron chi connectivity index (χ4n) is 3.90. The summed E-state index contributed by atoms with van der Waals surface area (Å²) in [4.78, 5) is 4.57. The number of hydrogen-bond acceptors (Lipinski definition) is 8. The van der Waals surface area contributed by atoms with E-state index in [-0.39, 0.29) is 28.3 Å². The third-order valence-electron chi connectivity index (χ3n) is 5.32. The van der Waals surface area contributed by atoms with Crippen molar-refractivity contribution in [3.63, 3.8) is 0 Å². The molecule has 0 aliphatic carbocycles. The number of phenols is 1. The van der Waals surface area contributed by atoms with E-state index in [0.717, 1.165) is 0 Å². The van der Waals surface area contributed by atoms with E-state index < -0.39 is 5.92 Å². The Labute approximate surface area is 189 Å². The molecule has 8 heteroatoms. The third-order valence-corrected chi connectivity index (χ3v) is 5.32. The van der Waals surface area contributed by atoms with Crippen LogP contribution in [-0.4, -0.2) is 25.0 Å². The monoisotopic (exact) mass is 436 g/mol. The molecule has 0 fully saturated rings. The number of nitrogens with zero attached hydrogens (tertiary/aromatic N) is 4. The lowest BCUT2D eigenvalue weighted by atomic mass is 9.83. The number of nitriles is 3. The first-order chi connectivity index (χ1) is 16.1. The summed E-state index contributed by atoms with van der Waals surface area (Å²) in [6.45, 7) is 0. The van der Waals surface area contributed by atoms with E-state index in [1.165, 1.54) is 20.5 Å². The molecule has 1 N–H and O–H groups in total. The number of dihydropyridines is 1. The molecule has 0 saturated heterocycles. The van der Waals surface area contributed by atoms with E-state index in [0.29, 0.717) is 33.6 Å². The van der Waals surface area contributed by atoms with E-state index in [2.05, 4.69) is 4.99 Å². The highest BCUT2D eigenvalue weighted by molar-refractivity contribution is 6.10. The quantitative estimate of drug-likeness (QED) is 0.595. The van der Waals surface area contributed by atoms with Crippen molar-refractivity contribution in [3.8, 4) is 35.5 Å². The van der Waals surface area contributed by atoms with Crippen LogP contribution in [0.15, 0.2) is 75.0 Å². The minimum Gasteiger partial charge on any atom is -0.504 e. The van der Waals surface area contributed by atoms with Gasteiger partial charge < -0.3 is 19.0 Å². The van der Waals surface area contributed by atoms with Crippen LogP contribution in [0.2, 0.25) is 0 Å². The lowest BCUT2D eigenvalue weighted by Gasteiger charge is -2.25. The smallest absolute Gasteiger partial charge is 0.204 e. The molecule has 0 saturated carbocycles. The van der Waals surface area contributed by atoms with Crippen LogP contribution in [0.4, 0.5) is 0 Å². The number of aliphatic imine (C=N–C) groups is 1. The highest BCUT2D eigenvalue weighted by Gasteiger charge is 2.34. The van der Waals surface area contributed by atoms with Crippen molar-refractivity contribution in [2.75, 3.05) is 14.2 Å². The van der Waals surface area contributed by atoms with Crippen LogP contribution in [-0.2, 0) is 0 Å². The molecule has 0 bridgehead atoms. The van der Waals surface area contributed by atoms with E-state index in [1.54, 1.807) is 24.3 Å². The molecule has 1 aliphatic rings. The minimum atomic E-state index is -0.757. The van der Waals surface area contributed by atoms with Crippen molar-refractivity contribution in [2.45, 2.75) is 5.92 Å². The second kappa shape index (κ2) is 8.63. The fourth-order valence-corrected chi connectivity index (χ4v) is 3.90. The number of fused-ring (bicyclic) bond motifs is 1. The fraction of sp³-hybridized carbons (Fsp3) is 0.120. The van der Waals surface area contributed by atoms with E-state index in [1.807, 2.05) is 36.4 Å². The molecule has 33 heavy (non-hydrogen) atoms. The predicted molar refractivity (Wildman–Crippen MR) is 119 cm³/mol. The molecule has 3 aromatic rings. The summed E-state index contributed by atoms with van der Waals surface area (Å²) in [6, 6.07) is 16.4. The molecule has 2 aromatic carbocycles. The highest BCUT2D eigenvalue weighted by atomic mass is 16.5. The summed E-state index contributed by atoms with van der Waals surface area (Å²) in [7, 11) is 2.87. The van der Waals surface area contributed by atoms with Crippen molar-refractivity contribution in [1.29, 1.82) is 15.8 Å². The van der Waals surface area contributed by atoms with Crippen molar-refractivity contribution in [1.82, 2.24) is 0 Å². The Hall–Kier alpha value is -5.00. The number of furan rings is 1. The summed E-state index contributed by atoms with van der Waals surface area (Å²) in [6.07, 6.45) is 3.01. The zero-order valence-corrected chi connectivity index (χ0v) is 17.7. The minimum absolute atomic E-state index is 0.0209. The maximum absolute atomic E-state index is 11.2. The van der Waals surface area contributed by atoms with E-state index in [9.17, 15) is 20.9 Å². The van der Waals surface area contributed by atoms with Gasteiger partial charge in [0.25, 0.3) is 0 Å². The number of aromatic hydroxyl groups is 1. The third kappa shape index (κ3) is 3.35. The average Bonchev–Trinajstić information content (AvgIpc) is 3.33. The number of methoxy groups -OCH3 is 2. The largest absolute Gasteiger partial charge is 0.504 e. The van der Waals surface area contributed by atoms with Gasteiger partial charge >= 0.3 is 0 Å². The van der Waals surface area contributed by atoms with Gasteiger partial charge in [0.2, 0.25) is 5.75 Å². The average molecular weight is 436 g/mol. The van der Waals surface area contributed by atoms with Crippen molar-refractivity contribution in [2.24, 2.45) is 4.99 Å². The molecule has 1 unspecified atom stereocenters. The van der Waals surface area contributed by atoms with Gasteiger partial charge in [0.1, 0.15) is 29.7 Å². The van der Waals surface area contributed by atoms with Gasteiger partial charge in [-0.15, -0.1) is 0 Å². The molecule has 0 radical (unpaired) electrons. The predicted octanol–water partition coefficient (Wildman–Crippen LogP) is 4.49. The molecule has 0 amide bonds. The Kier molecular flexibility index (Phi) is 5.55. The van der Waals surface area contributed by atoms with Crippen LogP contribution in [0.1, 0.15) is 17.0 Å². The van der Waals surface area contributed by atoms with Gasteiger partial charge in [-0.3, -0.25) is 0 Å². The highest BCUT2D eigenvalue weighted by Crippen LogP contribution is 2.50. The van der Waals surface area contributed by atoms with Crippen LogP contribution in [0.3, 0.4) is 0 Å². The number of allylic oxidation sites excluding steroid dienone is 3. The molecule has 0 spiro atoms. The van der Waals surface area contributed by atoms with Gasteiger partial charge in [-0.2, -0.15) is 15.8 Å². The summed E-state index contributed by atoms with van der Waals surface area (Å²) >= 11 is 0. The molecule has 1 atom stereocenters. The summed E-state index contributed by atoms with van der Waals surface area (Å²) in [5.41, 5.74) is 1.45. The van der Waals surface area contributed by atoms with Gasteiger partial charge in [-0.25, -0.2) is 4.99 Å². The lowest BCUT2D eigenvalue weighted by Crippen LogP contribution is -2.19. The van der Waals surface area contributed by atoms with Gasteiger partial charge in [-0.1, -0.05) is 36.4 Å². The first-order valence-corrected chi connectivity index (χ1v) is 9.74. The summed E-state index contributed by atoms with van der Waals surface area (Å²) < 4.78 is 16.6. The molecular weight excluding hydrogens is 420 g/mol. The number of rotatable bonds is 4. The van der Waals surface area contributed by atoms with Gasteiger partial charge in [0.05, 0.1) is 48.6 Å². The second-order valence-electron chi connectivity index (χ2n) is 6.97. The summed E-state index contributed by atoms with van der Waals surface area (Å²) in [5.74, 6) is -0.548. The zero-order chi connectivity index (χ0) is 23.5. The SMILES string of the molecule is COc1c(C2C=C(C#N)C(=C(C#N)C#N)N=C2c2ccccc2)c(O)c(OC)c2occc12. The van der Waals surface area contributed by atoms with Crippen LogP contribution in [0.5, 0.6) is 17.2 Å². The Morgan fingerprint density at radius 3 is 2.33 bits per heavy atom. The molecule has 8 nitrogen and oxygen atoms in total. The first-order valence-electron chi connectivity index (χ1n) is 9.74. The Balaban J connectivity index is 2.11. The molecule has 160 valence electrons. The van der Waals surface area contributed by atoms with Crippen molar-refractivity contribution in [3.05, 3.63) is 76.7 Å². The van der Waals surface area contributed by atoms with Gasteiger partial charge in [-0.05, 0) is 11.6 Å². The Morgan fingerprint density at radius 2 is 1.73 bits per heavy atom. The molecule has 4 rings (SSSR count). The van der Waals surface area contributed by atoms with Crippen molar-refractivity contribution >= 4 is 16.7 Å². The second-order valence-corrected chi connectivity index (χ2v) is 6.97. The van der Waals surface area contributed by atoms with Gasteiger partial charge in [0.15, 0.2) is 16.9 Å². The molecule has 2 heterocycles. The van der Waals surface area contributed by atoms with E-state index >= 15 is 0 Å². The van der Waals surface area contributed by atoms with Crippen LogP contribution in [0.25, 0.3) is 11.0 Å². The van der Waals surface area contributed by atoms with Gasteiger partial charge in [0, 0.05) is 0 Å². The standard InChI is InChI=1S/C25H16N4O4/c1-31-23-17-8-9-33-24(17)25(32-2)22(30)19(23)18-10-15(11-26)20(16(12-27)13-28)29-21(18)14-6-4-3-5-7-14/h3-10,18,30H,1-2H3. The van der Waals surface area contributed by atoms with Crippen LogP contribution >= 0.6 is 0 Å². The topological polar surface area (TPSA) is 136 Å². The Bertz CT molecular complexity index is 1460. The van der Waals surface area contributed by atoms with Crippen LogP contribution in [0, 0.1) is 34.0 Å². The zero-order valence-electron chi connectivity index (χ0n) is 17.7. The first kappa shape index (κ1) is 21.2. The maximum atomic E-state index is 11.2. The number of benzene rings is 2. The normalized spacial score (nSPS) is 15.0. The summed E-state index contributed by atoms with van der Waals surface area (Å²) in [5, 5.41) is 40.4. The maximum Gasteiger partial charge on any atom is 0.204 e.